The molecule has 0 radical (unpaired) electrons. The normalized spacial score (nSPS) is 19.3. The predicted molar refractivity (Wildman–Crippen MR) is 71.1 cm³/mol. The number of hydrogen-bond donors (Lipinski definition) is 0. The maximum atomic E-state index is 12.2. The van der Waals surface area contributed by atoms with E-state index in [-0.39, 0.29) is 24.0 Å². The zero-order valence-corrected chi connectivity index (χ0v) is 12.1. The molecule has 5 nitrogen and oxygen atoms in total. The third-order valence-corrected chi connectivity index (χ3v) is 4.94. The number of carbonyl (C=O) groups is 1. The molecule has 0 unspecified atom stereocenters. The maximum Gasteiger partial charge on any atom is 0.255 e. The lowest BCUT2D eigenvalue weighted by molar-refractivity contribution is 0.0768. The van der Waals surface area contributed by atoms with Gasteiger partial charge in [-0.1, -0.05) is 0 Å². The van der Waals surface area contributed by atoms with Gasteiger partial charge in [-0.25, -0.2) is 8.42 Å². The van der Waals surface area contributed by atoms with Crippen molar-refractivity contribution in [3.05, 3.63) is 28.5 Å². The van der Waals surface area contributed by atoms with Crippen LogP contribution in [0.15, 0.2) is 22.9 Å². The van der Waals surface area contributed by atoms with E-state index in [4.69, 9.17) is 0 Å². The summed E-state index contributed by atoms with van der Waals surface area (Å²) in [7, 11) is -2.99. The van der Waals surface area contributed by atoms with Gasteiger partial charge in [-0.15, -0.1) is 0 Å². The van der Waals surface area contributed by atoms with E-state index in [2.05, 4.69) is 20.9 Å². The standard InChI is InChI=1S/C11H13BrN2O3S/c12-10-6-9(7-13-8-10)11(15)14-2-1-4-18(16,17)5-3-14/h6-8H,1-5H2. The average molecular weight is 333 g/mol. The predicted octanol–water partition coefficient (Wildman–Crippen LogP) is 1.10. The molecule has 1 amide bonds. The second-order valence-electron chi connectivity index (χ2n) is 4.19. The number of halogens is 1. The van der Waals surface area contributed by atoms with Gasteiger partial charge in [0.15, 0.2) is 9.84 Å². The van der Waals surface area contributed by atoms with Gasteiger partial charge in [-0.3, -0.25) is 9.78 Å². The molecule has 0 atom stereocenters. The largest absolute Gasteiger partial charge is 0.338 e. The molecule has 0 N–H and O–H groups in total. The van der Waals surface area contributed by atoms with Crippen molar-refractivity contribution in [3.8, 4) is 0 Å². The van der Waals surface area contributed by atoms with Crippen LogP contribution in [0.4, 0.5) is 0 Å². The van der Waals surface area contributed by atoms with Gasteiger partial charge in [0.1, 0.15) is 0 Å². The minimum atomic E-state index is -2.99. The van der Waals surface area contributed by atoms with E-state index >= 15 is 0 Å². The summed E-state index contributed by atoms with van der Waals surface area (Å²) < 4.78 is 23.7. The van der Waals surface area contributed by atoms with Gasteiger partial charge in [0.25, 0.3) is 5.91 Å². The lowest BCUT2D eigenvalue weighted by Crippen LogP contribution is -2.33. The fourth-order valence-corrected chi connectivity index (χ4v) is 3.49. The second-order valence-corrected chi connectivity index (χ2v) is 7.41. The lowest BCUT2D eigenvalue weighted by Gasteiger charge is -2.19. The van der Waals surface area contributed by atoms with Gasteiger partial charge >= 0.3 is 0 Å². The van der Waals surface area contributed by atoms with Crippen molar-refractivity contribution in [3.63, 3.8) is 0 Å². The van der Waals surface area contributed by atoms with Crippen molar-refractivity contribution >= 4 is 31.7 Å². The molecule has 0 aromatic carbocycles. The summed E-state index contributed by atoms with van der Waals surface area (Å²) in [5.74, 6) is 0.0362. The van der Waals surface area contributed by atoms with E-state index in [0.717, 1.165) is 4.47 Å². The highest BCUT2D eigenvalue weighted by Gasteiger charge is 2.23. The number of aromatic nitrogens is 1. The highest BCUT2D eigenvalue weighted by atomic mass is 79.9. The molecule has 0 bridgehead atoms. The zero-order valence-electron chi connectivity index (χ0n) is 9.67. The number of sulfone groups is 1. The summed E-state index contributed by atoms with van der Waals surface area (Å²) in [5.41, 5.74) is 0.476. The minimum Gasteiger partial charge on any atom is -0.338 e. The topological polar surface area (TPSA) is 67.3 Å². The van der Waals surface area contributed by atoms with Crippen LogP contribution in [0.2, 0.25) is 0 Å². The summed E-state index contributed by atoms with van der Waals surface area (Å²) in [4.78, 5) is 17.7. The Morgan fingerprint density at radius 3 is 2.78 bits per heavy atom. The Hall–Kier alpha value is -0.950. The van der Waals surface area contributed by atoms with Crippen molar-refractivity contribution in [1.29, 1.82) is 0 Å². The van der Waals surface area contributed by atoms with E-state index in [1.165, 1.54) is 6.20 Å². The lowest BCUT2D eigenvalue weighted by atomic mass is 10.2. The maximum absolute atomic E-state index is 12.2. The SMILES string of the molecule is O=C(c1cncc(Br)c1)N1CCCS(=O)(=O)CC1. The van der Waals surface area contributed by atoms with Gasteiger partial charge in [0.2, 0.25) is 0 Å². The molecular formula is C11H13BrN2O3S. The first-order valence-corrected chi connectivity index (χ1v) is 8.20. The molecule has 1 saturated heterocycles. The fourth-order valence-electron chi connectivity index (χ4n) is 1.85. The summed E-state index contributed by atoms with van der Waals surface area (Å²) in [6.07, 6.45) is 3.59. The summed E-state index contributed by atoms with van der Waals surface area (Å²) in [6, 6.07) is 1.69. The van der Waals surface area contributed by atoms with Crippen molar-refractivity contribution in [2.75, 3.05) is 24.6 Å². The highest BCUT2D eigenvalue weighted by molar-refractivity contribution is 9.10. The third-order valence-electron chi connectivity index (χ3n) is 2.79. The minimum absolute atomic E-state index is 0.0418. The molecule has 7 heteroatoms. The van der Waals surface area contributed by atoms with Gasteiger partial charge in [-0.2, -0.15) is 0 Å². The number of nitrogens with zero attached hydrogens (tertiary/aromatic N) is 2. The first kappa shape index (κ1) is 13.5. The number of rotatable bonds is 1. The monoisotopic (exact) mass is 332 g/mol. The summed E-state index contributed by atoms with van der Waals surface area (Å²) in [6.45, 7) is 0.734. The van der Waals surface area contributed by atoms with Crippen LogP contribution in [0.5, 0.6) is 0 Å². The average Bonchev–Trinajstić information content (AvgIpc) is 2.49. The van der Waals surface area contributed by atoms with E-state index in [1.54, 1.807) is 17.2 Å². The molecule has 98 valence electrons. The first-order chi connectivity index (χ1) is 8.48. The molecule has 1 aliphatic heterocycles. The molecule has 1 aliphatic rings. The van der Waals surface area contributed by atoms with Gasteiger partial charge < -0.3 is 4.90 Å². The summed E-state index contributed by atoms with van der Waals surface area (Å²) in [5, 5.41) is 0. The van der Waals surface area contributed by atoms with Crippen LogP contribution in [-0.4, -0.2) is 48.8 Å². The summed E-state index contributed by atoms with van der Waals surface area (Å²) >= 11 is 3.26. The molecule has 0 saturated carbocycles. The van der Waals surface area contributed by atoms with Crippen LogP contribution in [0.3, 0.4) is 0 Å². The first-order valence-electron chi connectivity index (χ1n) is 5.58. The molecule has 1 fully saturated rings. The van der Waals surface area contributed by atoms with E-state index in [0.29, 0.717) is 18.5 Å². The Balaban J connectivity index is 2.14. The van der Waals surface area contributed by atoms with Gasteiger partial charge in [0, 0.05) is 30.0 Å². The van der Waals surface area contributed by atoms with Crippen molar-refractivity contribution in [2.45, 2.75) is 6.42 Å². The Bertz CT molecular complexity index is 559. The molecule has 2 heterocycles. The van der Waals surface area contributed by atoms with Crippen LogP contribution in [0.25, 0.3) is 0 Å². The van der Waals surface area contributed by atoms with Gasteiger partial charge in [-0.05, 0) is 28.4 Å². The second kappa shape index (κ2) is 5.36. The molecule has 18 heavy (non-hydrogen) atoms. The quantitative estimate of drug-likeness (QED) is 0.772. The number of hydrogen-bond acceptors (Lipinski definition) is 4. The van der Waals surface area contributed by atoms with Crippen LogP contribution in [0.1, 0.15) is 16.8 Å². The Morgan fingerprint density at radius 1 is 1.28 bits per heavy atom. The van der Waals surface area contributed by atoms with Crippen LogP contribution in [-0.2, 0) is 9.84 Å². The highest BCUT2D eigenvalue weighted by Crippen LogP contribution is 2.13. The Morgan fingerprint density at radius 2 is 2.06 bits per heavy atom. The van der Waals surface area contributed by atoms with E-state index in [9.17, 15) is 13.2 Å². The van der Waals surface area contributed by atoms with E-state index < -0.39 is 9.84 Å². The third kappa shape index (κ3) is 3.29. The molecule has 1 aromatic rings. The number of pyridine rings is 1. The molecule has 1 aromatic heterocycles. The molecule has 2 rings (SSSR count). The van der Waals surface area contributed by atoms with E-state index in [1.807, 2.05) is 0 Å². The van der Waals surface area contributed by atoms with Crippen LogP contribution >= 0.6 is 15.9 Å². The molecular weight excluding hydrogens is 320 g/mol. The van der Waals surface area contributed by atoms with Crippen molar-refractivity contribution in [2.24, 2.45) is 0 Å². The fraction of sp³-hybridized carbons (Fsp3) is 0.455. The number of amides is 1. The van der Waals surface area contributed by atoms with Crippen LogP contribution < -0.4 is 0 Å². The molecule has 0 aliphatic carbocycles. The van der Waals surface area contributed by atoms with Crippen LogP contribution in [0, 0.1) is 0 Å². The van der Waals surface area contributed by atoms with Crippen molar-refractivity contribution < 1.29 is 13.2 Å². The Kier molecular flexibility index (Phi) is 4.01. The van der Waals surface area contributed by atoms with Gasteiger partial charge in [0.05, 0.1) is 17.1 Å². The van der Waals surface area contributed by atoms with Crippen molar-refractivity contribution in [1.82, 2.24) is 9.88 Å². The zero-order chi connectivity index (χ0) is 13.2. The smallest absolute Gasteiger partial charge is 0.255 e. The Labute approximate surface area is 114 Å². The number of carbonyl (C=O) groups excluding carboxylic acids is 1. The molecule has 0 spiro atoms.